The van der Waals surface area contributed by atoms with Crippen molar-refractivity contribution in [3.05, 3.63) is 34.9 Å². The van der Waals surface area contributed by atoms with Gasteiger partial charge in [-0.05, 0) is 62.1 Å². The van der Waals surface area contributed by atoms with Gasteiger partial charge in [-0.1, -0.05) is 18.2 Å². The summed E-state index contributed by atoms with van der Waals surface area (Å²) in [5.41, 5.74) is 4.27. The molecule has 2 unspecified atom stereocenters. The van der Waals surface area contributed by atoms with Crippen molar-refractivity contribution in [1.29, 1.82) is 0 Å². The lowest BCUT2D eigenvalue weighted by atomic mass is 9.89. The van der Waals surface area contributed by atoms with E-state index in [-0.39, 0.29) is 0 Å². The maximum Gasteiger partial charge on any atom is 0.0799 e. The van der Waals surface area contributed by atoms with Crippen LogP contribution in [0.15, 0.2) is 18.2 Å². The molecule has 2 N–H and O–H groups in total. The third-order valence-electron chi connectivity index (χ3n) is 3.70. The zero-order valence-electron chi connectivity index (χ0n) is 10.5. The standard InChI is InChI=1S/C15H22O2/c1-11(16)15(17)9-7-12-6-8-13-4-2-3-5-14(13)10-12/h6,8,10-11,15-17H,2-5,7,9H2,1H3. The van der Waals surface area contributed by atoms with Crippen LogP contribution in [0.3, 0.4) is 0 Å². The van der Waals surface area contributed by atoms with Crippen LogP contribution < -0.4 is 0 Å². The lowest BCUT2D eigenvalue weighted by Gasteiger charge is -2.17. The predicted molar refractivity (Wildman–Crippen MR) is 69.1 cm³/mol. The van der Waals surface area contributed by atoms with E-state index >= 15 is 0 Å². The van der Waals surface area contributed by atoms with Crippen LogP contribution in [0.2, 0.25) is 0 Å². The summed E-state index contributed by atoms with van der Waals surface area (Å²) in [7, 11) is 0. The summed E-state index contributed by atoms with van der Waals surface area (Å²) in [6.07, 6.45) is 5.27. The van der Waals surface area contributed by atoms with Crippen LogP contribution in [0.5, 0.6) is 0 Å². The Hall–Kier alpha value is -0.860. The molecule has 2 atom stereocenters. The van der Waals surface area contributed by atoms with Crippen molar-refractivity contribution in [1.82, 2.24) is 0 Å². The molecule has 2 rings (SSSR count). The highest BCUT2D eigenvalue weighted by molar-refractivity contribution is 5.33. The first-order valence-electron chi connectivity index (χ1n) is 6.63. The number of benzene rings is 1. The SMILES string of the molecule is CC(O)C(O)CCc1ccc2c(c1)CCCC2. The Kier molecular flexibility index (Phi) is 4.19. The first-order valence-corrected chi connectivity index (χ1v) is 6.63. The van der Waals surface area contributed by atoms with Crippen molar-refractivity contribution >= 4 is 0 Å². The Morgan fingerprint density at radius 2 is 1.82 bits per heavy atom. The quantitative estimate of drug-likeness (QED) is 0.838. The largest absolute Gasteiger partial charge is 0.391 e. The van der Waals surface area contributed by atoms with E-state index in [1.807, 2.05) is 0 Å². The molecule has 0 aliphatic heterocycles. The predicted octanol–water partition coefficient (Wildman–Crippen LogP) is 2.24. The van der Waals surface area contributed by atoms with Crippen LogP contribution in [0.1, 0.15) is 42.9 Å². The van der Waals surface area contributed by atoms with Gasteiger partial charge >= 0.3 is 0 Å². The molecule has 1 aliphatic carbocycles. The van der Waals surface area contributed by atoms with E-state index in [0.717, 1.165) is 6.42 Å². The molecule has 0 heterocycles. The van der Waals surface area contributed by atoms with E-state index < -0.39 is 12.2 Å². The summed E-state index contributed by atoms with van der Waals surface area (Å²) >= 11 is 0. The van der Waals surface area contributed by atoms with Gasteiger partial charge in [-0.15, -0.1) is 0 Å². The zero-order chi connectivity index (χ0) is 12.3. The summed E-state index contributed by atoms with van der Waals surface area (Å²) < 4.78 is 0. The Labute approximate surface area is 103 Å². The molecule has 94 valence electrons. The van der Waals surface area contributed by atoms with E-state index in [0.29, 0.717) is 6.42 Å². The van der Waals surface area contributed by atoms with Gasteiger partial charge in [0.2, 0.25) is 0 Å². The molecular weight excluding hydrogens is 212 g/mol. The summed E-state index contributed by atoms with van der Waals surface area (Å²) in [6, 6.07) is 6.68. The summed E-state index contributed by atoms with van der Waals surface area (Å²) in [5.74, 6) is 0. The molecule has 2 nitrogen and oxygen atoms in total. The Balaban J connectivity index is 1.97. The zero-order valence-corrected chi connectivity index (χ0v) is 10.5. The Morgan fingerprint density at radius 3 is 2.53 bits per heavy atom. The number of rotatable bonds is 4. The van der Waals surface area contributed by atoms with Gasteiger partial charge in [0.05, 0.1) is 12.2 Å². The summed E-state index contributed by atoms with van der Waals surface area (Å²) in [6.45, 7) is 1.64. The maximum atomic E-state index is 9.58. The fourth-order valence-corrected chi connectivity index (χ4v) is 2.50. The number of hydrogen-bond donors (Lipinski definition) is 2. The average Bonchev–Trinajstić information content (AvgIpc) is 2.35. The van der Waals surface area contributed by atoms with E-state index in [4.69, 9.17) is 0 Å². The van der Waals surface area contributed by atoms with Crippen LogP contribution in [-0.2, 0) is 19.3 Å². The first kappa shape index (κ1) is 12.6. The highest BCUT2D eigenvalue weighted by Gasteiger charge is 2.12. The average molecular weight is 234 g/mol. The fourth-order valence-electron chi connectivity index (χ4n) is 2.50. The van der Waals surface area contributed by atoms with Crippen molar-refractivity contribution in [2.45, 2.75) is 57.7 Å². The highest BCUT2D eigenvalue weighted by atomic mass is 16.3. The molecule has 0 spiro atoms. The number of aryl methyl sites for hydroxylation is 3. The van der Waals surface area contributed by atoms with Gasteiger partial charge in [0.15, 0.2) is 0 Å². The second-order valence-electron chi connectivity index (χ2n) is 5.16. The molecular formula is C15H22O2. The smallest absolute Gasteiger partial charge is 0.0799 e. The van der Waals surface area contributed by atoms with E-state index in [2.05, 4.69) is 18.2 Å². The van der Waals surface area contributed by atoms with Gasteiger partial charge in [0, 0.05) is 0 Å². The van der Waals surface area contributed by atoms with Crippen molar-refractivity contribution in [3.63, 3.8) is 0 Å². The molecule has 0 amide bonds. The Morgan fingerprint density at radius 1 is 1.12 bits per heavy atom. The molecule has 1 aromatic rings. The van der Waals surface area contributed by atoms with Gasteiger partial charge in [-0.3, -0.25) is 0 Å². The molecule has 0 saturated carbocycles. The fraction of sp³-hybridized carbons (Fsp3) is 0.600. The van der Waals surface area contributed by atoms with Gasteiger partial charge in [-0.25, -0.2) is 0 Å². The molecule has 0 radical (unpaired) electrons. The maximum absolute atomic E-state index is 9.58. The minimum atomic E-state index is -0.632. The third-order valence-corrected chi connectivity index (χ3v) is 3.70. The normalized spacial score (nSPS) is 18.5. The van der Waals surface area contributed by atoms with Crippen molar-refractivity contribution in [3.8, 4) is 0 Å². The van der Waals surface area contributed by atoms with Crippen LogP contribution in [-0.4, -0.2) is 22.4 Å². The van der Waals surface area contributed by atoms with Crippen molar-refractivity contribution < 1.29 is 10.2 Å². The molecule has 0 saturated heterocycles. The monoisotopic (exact) mass is 234 g/mol. The number of hydrogen-bond acceptors (Lipinski definition) is 2. The Bertz CT molecular complexity index is 371. The molecule has 2 heteroatoms. The molecule has 1 aliphatic rings. The molecule has 17 heavy (non-hydrogen) atoms. The second-order valence-corrected chi connectivity index (χ2v) is 5.16. The van der Waals surface area contributed by atoms with Crippen LogP contribution >= 0.6 is 0 Å². The minimum Gasteiger partial charge on any atom is -0.391 e. The van der Waals surface area contributed by atoms with Gasteiger partial charge < -0.3 is 10.2 Å². The molecule has 0 bridgehead atoms. The van der Waals surface area contributed by atoms with Gasteiger partial charge in [-0.2, -0.15) is 0 Å². The number of fused-ring (bicyclic) bond motifs is 1. The number of aliphatic hydroxyl groups excluding tert-OH is 2. The molecule has 0 fully saturated rings. The van der Waals surface area contributed by atoms with Gasteiger partial charge in [0.1, 0.15) is 0 Å². The van der Waals surface area contributed by atoms with E-state index in [1.54, 1.807) is 6.92 Å². The van der Waals surface area contributed by atoms with E-state index in [9.17, 15) is 10.2 Å². The second kappa shape index (κ2) is 5.65. The highest BCUT2D eigenvalue weighted by Crippen LogP contribution is 2.23. The van der Waals surface area contributed by atoms with Crippen LogP contribution in [0, 0.1) is 0 Å². The molecule has 0 aromatic heterocycles. The first-order chi connectivity index (χ1) is 8.16. The lowest BCUT2D eigenvalue weighted by molar-refractivity contribution is 0.0265. The van der Waals surface area contributed by atoms with Crippen molar-refractivity contribution in [2.24, 2.45) is 0 Å². The molecule has 1 aromatic carbocycles. The minimum absolute atomic E-state index is 0.606. The lowest BCUT2D eigenvalue weighted by Crippen LogP contribution is -2.22. The van der Waals surface area contributed by atoms with E-state index in [1.165, 1.54) is 42.4 Å². The van der Waals surface area contributed by atoms with Crippen LogP contribution in [0.4, 0.5) is 0 Å². The third kappa shape index (κ3) is 3.30. The van der Waals surface area contributed by atoms with Gasteiger partial charge in [0.25, 0.3) is 0 Å². The van der Waals surface area contributed by atoms with Crippen molar-refractivity contribution in [2.75, 3.05) is 0 Å². The summed E-state index contributed by atoms with van der Waals surface area (Å²) in [4.78, 5) is 0. The number of aliphatic hydroxyl groups is 2. The topological polar surface area (TPSA) is 40.5 Å². The summed E-state index contributed by atoms with van der Waals surface area (Å²) in [5, 5.41) is 18.8. The van der Waals surface area contributed by atoms with Crippen LogP contribution in [0.25, 0.3) is 0 Å².